The molecule has 0 saturated carbocycles. The molecule has 26 heavy (non-hydrogen) atoms. The van der Waals surface area contributed by atoms with Gasteiger partial charge in [0.2, 0.25) is 0 Å². The highest BCUT2D eigenvalue weighted by atomic mass is 32.2. The molecule has 1 aliphatic rings. The van der Waals surface area contributed by atoms with Crippen LogP contribution in [-0.2, 0) is 12.3 Å². The van der Waals surface area contributed by atoms with Gasteiger partial charge in [-0.05, 0) is 5.56 Å². The van der Waals surface area contributed by atoms with Crippen LogP contribution < -0.4 is 5.73 Å². The third-order valence-electron chi connectivity index (χ3n) is 4.75. The average Bonchev–Trinajstić information content (AvgIpc) is 3.21. The van der Waals surface area contributed by atoms with E-state index in [2.05, 4.69) is 49.3 Å². The molecule has 0 unspecified atom stereocenters. The number of nitrogen functional groups attached to an aromatic ring is 1. The van der Waals surface area contributed by atoms with Crippen molar-refractivity contribution in [2.75, 3.05) is 24.6 Å². The summed E-state index contributed by atoms with van der Waals surface area (Å²) in [5.41, 5.74) is 9.44. The molecule has 1 aliphatic heterocycles. The smallest absolute Gasteiger partial charge is 0.155 e. The summed E-state index contributed by atoms with van der Waals surface area (Å²) >= 11 is 1.88. The van der Waals surface area contributed by atoms with E-state index in [0.717, 1.165) is 29.3 Å². The molecule has 0 aliphatic carbocycles. The summed E-state index contributed by atoms with van der Waals surface area (Å²) in [7, 11) is 0. The number of nitrogens with two attached hydrogens (primary N) is 1. The van der Waals surface area contributed by atoms with E-state index < -0.39 is 0 Å². The molecule has 3 heterocycles. The number of thioether (sulfide) groups is 1. The summed E-state index contributed by atoms with van der Waals surface area (Å²) in [6.07, 6.45) is 1.16. The predicted molar refractivity (Wildman–Crippen MR) is 103 cm³/mol. The molecule has 1 fully saturated rings. The molecule has 2 aromatic heterocycles. The van der Waals surface area contributed by atoms with Crippen molar-refractivity contribution >= 4 is 28.6 Å². The van der Waals surface area contributed by atoms with Crippen LogP contribution in [0.25, 0.3) is 11.0 Å². The maximum Gasteiger partial charge on any atom is 0.155 e. The van der Waals surface area contributed by atoms with Crippen LogP contribution in [0.15, 0.2) is 36.7 Å². The van der Waals surface area contributed by atoms with E-state index in [1.165, 1.54) is 11.9 Å². The van der Waals surface area contributed by atoms with Crippen molar-refractivity contribution < 1.29 is 5.11 Å². The Hall–Kier alpha value is -2.16. The Balaban J connectivity index is 1.34. The molecule has 1 saturated heterocycles. The zero-order valence-corrected chi connectivity index (χ0v) is 15.2. The van der Waals surface area contributed by atoms with Gasteiger partial charge < -0.3 is 10.8 Å². The molecule has 3 aromatic rings. The van der Waals surface area contributed by atoms with Gasteiger partial charge >= 0.3 is 0 Å². The summed E-state index contributed by atoms with van der Waals surface area (Å²) in [5.74, 6) is 2.59. The number of aliphatic hydroxyl groups is 1. The lowest BCUT2D eigenvalue weighted by atomic mass is 10.1. The number of anilines is 1. The van der Waals surface area contributed by atoms with Crippen molar-refractivity contribution in [2.24, 2.45) is 5.92 Å². The maximum absolute atomic E-state index is 10.4. The topological polar surface area (TPSA) is 104 Å². The number of aliphatic hydroxyl groups excluding tert-OH is 1. The summed E-state index contributed by atoms with van der Waals surface area (Å²) in [6.45, 7) is 2.20. The van der Waals surface area contributed by atoms with E-state index in [4.69, 9.17) is 5.73 Å². The molecule has 1 aromatic carbocycles. The molecule has 0 amide bonds. The van der Waals surface area contributed by atoms with Crippen molar-refractivity contribution in [1.82, 2.24) is 25.1 Å². The van der Waals surface area contributed by atoms with Crippen molar-refractivity contribution in [3.8, 4) is 0 Å². The van der Waals surface area contributed by atoms with Crippen molar-refractivity contribution in [2.45, 2.75) is 18.4 Å². The van der Waals surface area contributed by atoms with Crippen LogP contribution in [0.5, 0.6) is 0 Å². The second kappa shape index (κ2) is 7.61. The van der Waals surface area contributed by atoms with E-state index in [0.29, 0.717) is 24.4 Å². The average molecular weight is 370 g/mol. The number of hydrogen-bond donors (Lipinski definition) is 3. The first kappa shape index (κ1) is 17.3. The molecule has 4 N–H and O–H groups in total. The Kier molecular flexibility index (Phi) is 5.05. The Morgan fingerprint density at radius 1 is 1.19 bits per heavy atom. The minimum absolute atomic E-state index is 0.276. The van der Waals surface area contributed by atoms with Crippen LogP contribution in [-0.4, -0.2) is 55.1 Å². The number of H-pyrrole nitrogens is 1. The molecule has 4 rings (SSSR count). The van der Waals surface area contributed by atoms with Gasteiger partial charge in [0, 0.05) is 37.1 Å². The van der Waals surface area contributed by atoms with Crippen LogP contribution in [0, 0.1) is 5.92 Å². The monoisotopic (exact) mass is 370 g/mol. The highest BCUT2D eigenvalue weighted by molar-refractivity contribution is 7.98. The molecule has 136 valence electrons. The van der Waals surface area contributed by atoms with E-state index in [-0.39, 0.29) is 12.0 Å². The van der Waals surface area contributed by atoms with Gasteiger partial charge in [-0.15, -0.1) is 0 Å². The van der Waals surface area contributed by atoms with Gasteiger partial charge in [-0.1, -0.05) is 30.3 Å². The molecule has 8 heteroatoms. The van der Waals surface area contributed by atoms with E-state index in [1.807, 2.05) is 17.8 Å². The molecule has 2 atom stereocenters. The molecule has 0 spiro atoms. The molecular weight excluding hydrogens is 348 g/mol. The van der Waals surface area contributed by atoms with Crippen LogP contribution in [0.1, 0.15) is 11.3 Å². The summed E-state index contributed by atoms with van der Waals surface area (Å²) in [6, 6.07) is 10.4. The Morgan fingerprint density at radius 3 is 2.88 bits per heavy atom. The standard InChI is InChI=1S/C18H22N6OS/c19-18-17-16(20-11-21-18)14(22-23-17)7-24-6-13(15(25)8-24)10-26-9-12-4-2-1-3-5-12/h1-5,11,13,15,25H,6-10H2,(H,22,23)(H2,19,20,21)/t13-,15-/m1/s1. The van der Waals surface area contributed by atoms with Gasteiger partial charge in [0.15, 0.2) is 11.3 Å². The van der Waals surface area contributed by atoms with E-state index in [1.54, 1.807) is 0 Å². The van der Waals surface area contributed by atoms with Crippen LogP contribution in [0.2, 0.25) is 0 Å². The van der Waals surface area contributed by atoms with Crippen LogP contribution >= 0.6 is 11.8 Å². The minimum atomic E-state index is -0.299. The first-order chi connectivity index (χ1) is 12.7. The fourth-order valence-corrected chi connectivity index (χ4v) is 4.55. The molecule has 0 bridgehead atoms. The number of benzene rings is 1. The number of aromatic amines is 1. The van der Waals surface area contributed by atoms with Crippen LogP contribution in [0.4, 0.5) is 5.82 Å². The third-order valence-corrected chi connectivity index (χ3v) is 5.95. The quantitative estimate of drug-likeness (QED) is 0.606. The number of β-amino-alcohol motifs (C(OH)–C–C–N with tert-alkyl or cyclic N) is 1. The molecule has 7 nitrogen and oxygen atoms in total. The number of aromatic nitrogens is 4. The summed E-state index contributed by atoms with van der Waals surface area (Å²) in [5, 5.41) is 17.6. The van der Waals surface area contributed by atoms with Gasteiger partial charge in [-0.25, -0.2) is 9.97 Å². The second-order valence-electron chi connectivity index (χ2n) is 6.68. The summed E-state index contributed by atoms with van der Waals surface area (Å²) < 4.78 is 0. The van der Waals surface area contributed by atoms with Crippen molar-refractivity contribution in [3.05, 3.63) is 47.9 Å². The number of hydrogen-bond acceptors (Lipinski definition) is 7. The number of nitrogens with one attached hydrogen (secondary N) is 1. The van der Waals surface area contributed by atoms with Gasteiger partial charge in [0.1, 0.15) is 11.8 Å². The lowest BCUT2D eigenvalue weighted by Gasteiger charge is -2.14. The van der Waals surface area contributed by atoms with E-state index >= 15 is 0 Å². The maximum atomic E-state index is 10.4. The fraction of sp³-hybridized carbons (Fsp3) is 0.389. The van der Waals surface area contributed by atoms with Gasteiger partial charge in [0.25, 0.3) is 0 Å². The highest BCUT2D eigenvalue weighted by Gasteiger charge is 2.31. The van der Waals surface area contributed by atoms with Crippen molar-refractivity contribution in [3.63, 3.8) is 0 Å². The van der Waals surface area contributed by atoms with E-state index in [9.17, 15) is 5.11 Å². The molecular formula is C18H22N6OS. The first-order valence-corrected chi connectivity index (χ1v) is 9.81. The highest BCUT2D eigenvalue weighted by Crippen LogP contribution is 2.26. The number of rotatable bonds is 6. The number of likely N-dealkylation sites (tertiary alicyclic amines) is 1. The Bertz CT molecular complexity index is 871. The predicted octanol–water partition coefficient (Wildman–Crippen LogP) is 1.66. The largest absolute Gasteiger partial charge is 0.391 e. The Labute approximate surface area is 156 Å². The zero-order chi connectivity index (χ0) is 17.9. The fourth-order valence-electron chi connectivity index (χ4n) is 3.37. The van der Waals surface area contributed by atoms with Gasteiger partial charge in [-0.3, -0.25) is 10.00 Å². The lowest BCUT2D eigenvalue weighted by molar-refractivity contribution is 0.149. The second-order valence-corrected chi connectivity index (χ2v) is 7.71. The first-order valence-electron chi connectivity index (χ1n) is 8.66. The third kappa shape index (κ3) is 3.67. The minimum Gasteiger partial charge on any atom is -0.391 e. The number of nitrogens with zero attached hydrogens (tertiary/aromatic N) is 4. The molecule has 0 radical (unpaired) electrons. The normalized spacial score (nSPS) is 20.8. The lowest BCUT2D eigenvalue weighted by Crippen LogP contribution is -2.21. The SMILES string of the molecule is Nc1ncnc2c(CN3C[C@H](CSCc4ccccc4)[C@H](O)C3)[nH]nc12. The van der Waals surface area contributed by atoms with Crippen LogP contribution in [0.3, 0.4) is 0 Å². The zero-order valence-electron chi connectivity index (χ0n) is 14.4. The van der Waals surface area contributed by atoms with Gasteiger partial charge in [-0.2, -0.15) is 16.9 Å². The van der Waals surface area contributed by atoms with Gasteiger partial charge in [0.05, 0.1) is 11.8 Å². The summed E-state index contributed by atoms with van der Waals surface area (Å²) in [4.78, 5) is 10.5. The number of fused-ring (bicyclic) bond motifs is 1. The van der Waals surface area contributed by atoms with Crippen molar-refractivity contribution in [1.29, 1.82) is 0 Å². The Morgan fingerprint density at radius 2 is 2.04 bits per heavy atom.